The van der Waals surface area contributed by atoms with Crippen molar-refractivity contribution in [2.24, 2.45) is 0 Å². The van der Waals surface area contributed by atoms with Gasteiger partial charge in [-0.2, -0.15) is 0 Å². The van der Waals surface area contributed by atoms with Gasteiger partial charge in [-0.15, -0.1) is 0 Å². The molecule has 0 aliphatic heterocycles. The van der Waals surface area contributed by atoms with Crippen molar-refractivity contribution in [2.45, 2.75) is 0 Å². The minimum Gasteiger partial charge on any atom is -0.0616 e. The molecular formula is C48H30. The fourth-order valence-electron chi connectivity index (χ4n) is 7.74. The van der Waals surface area contributed by atoms with Crippen LogP contribution in [0, 0.1) is 0 Å². The standard InChI is InChI=1S/C48H30/c1-3-9-38-27-40(25-19-31(38)7-1)33-15-21-35(22-16-33)44-29-46-42-13-5-11-37-12-6-14-43(48(37)42)47(46)30-45(44)36-23-17-34(18-24-36)41-26-20-32-8-2-4-10-39(32)28-41/h1-30H. The maximum absolute atomic E-state index is 2.43. The summed E-state index contributed by atoms with van der Waals surface area (Å²) in [6, 6.07) is 67.1. The fourth-order valence-corrected chi connectivity index (χ4v) is 7.74. The van der Waals surface area contributed by atoms with Crippen LogP contribution in [0.5, 0.6) is 0 Å². The SMILES string of the molecule is c1ccc2cc(-c3ccc(-c4cc5c(cc4-c4ccc(-c6ccc7ccccc7c6)cc4)-c4cccc6cccc-5c46)cc3)ccc2c1. The average Bonchev–Trinajstić information content (AvgIpc) is 3.48. The van der Waals surface area contributed by atoms with Gasteiger partial charge in [0.2, 0.25) is 0 Å². The molecule has 0 heteroatoms. The molecule has 0 radical (unpaired) electrons. The monoisotopic (exact) mass is 606 g/mol. The predicted molar refractivity (Wildman–Crippen MR) is 205 cm³/mol. The van der Waals surface area contributed by atoms with Crippen molar-refractivity contribution < 1.29 is 0 Å². The lowest BCUT2D eigenvalue weighted by molar-refractivity contribution is 1.57. The molecular weight excluding hydrogens is 577 g/mol. The van der Waals surface area contributed by atoms with E-state index in [9.17, 15) is 0 Å². The Balaban J connectivity index is 1.11. The topological polar surface area (TPSA) is 0 Å². The number of fused-ring (bicyclic) bond motifs is 5. The van der Waals surface area contributed by atoms with Gasteiger partial charge in [-0.3, -0.25) is 0 Å². The summed E-state index contributed by atoms with van der Waals surface area (Å²) in [6.45, 7) is 0. The highest BCUT2D eigenvalue weighted by Crippen LogP contribution is 2.51. The maximum Gasteiger partial charge on any atom is -0.00264 e. The number of benzene rings is 9. The summed E-state index contributed by atoms with van der Waals surface area (Å²) in [6.07, 6.45) is 0. The van der Waals surface area contributed by atoms with E-state index in [2.05, 4.69) is 182 Å². The Hall–Kier alpha value is -6.24. The Labute approximate surface area is 280 Å². The van der Waals surface area contributed by atoms with Crippen molar-refractivity contribution >= 4 is 32.3 Å². The molecule has 0 saturated heterocycles. The maximum atomic E-state index is 2.43. The van der Waals surface area contributed by atoms with Gasteiger partial charge in [0.25, 0.3) is 0 Å². The predicted octanol–water partition coefficient (Wildman–Crippen LogP) is 13.5. The average molecular weight is 607 g/mol. The van der Waals surface area contributed by atoms with E-state index in [1.807, 2.05) is 0 Å². The molecule has 0 aromatic heterocycles. The van der Waals surface area contributed by atoms with E-state index in [1.54, 1.807) is 0 Å². The Kier molecular flexibility index (Phi) is 5.98. The van der Waals surface area contributed by atoms with Crippen molar-refractivity contribution in [1.82, 2.24) is 0 Å². The van der Waals surface area contributed by atoms with Gasteiger partial charge in [-0.25, -0.2) is 0 Å². The molecule has 10 rings (SSSR count). The molecule has 0 bridgehead atoms. The van der Waals surface area contributed by atoms with Gasteiger partial charge >= 0.3 is 0 Å². The third-order valence-corrected chi connectivity index (χ3v) is 10.2. The van der Waals surface area contributed by atoms with E-state index in [0.29, 0.717) is 0 Å². The molecule has 222 valence electrons. The summed E-state index contributed by atoms with van der Waals surface area (Å²) >= 11 is 0. The van der Waals surface area contributed by atoms with Crippen LogP contribution in [0.25, 0.3) is 99.1 Å². The van der Waals surface area contributed by atoms with E-state index >= 15 is 0 Å². The zero-order valence-electron chi connectivity index (χ0n) is 26.3. The molecule has 0 saturated carbocycles. The Bertz CT molecular complexity index is 2510. The minimum atomic E-state index is 1.22. The van der Waals surface area contributed by atoms with E-state index < -0.39 is 0 Å². The van der Waals surface area contributed by atoms with Crippen molar-refractivity contribution in [1.29, 1.82) is 0 Å². The second-order valence-electron chi connectivity index (χ2n) is 12.9. The quantitative estimate of drug-likeness (QED) is 0.187. The molecule has 0 spiro atoms. The minimum absolute atomic E-state index is 1.22. The normalized spacial score (nSPS) is 11.8. The number of hydrogen-bond donors (Lipinski definition) is 0. The highest BCUT2D eigenvalue weighted by atomic mass is 14.3. The lowest BCUT2D eigenvalue weighted by Gasteiger charge is -2.16. The van der Waals surface area contributed by atoms with Gasteiger partial charge in [0.15, 0.2) is 0 Å². The highest BCUT2D eigenvalue weighted by Gasteiger charge is 2.24. The van der Waals surface area contributed by atoms with Gasteiger partial charge in [-0.1, -0.05) is 158 Å². The molecule has 48 heavy (non-hydrogen) atoms. The molecule has 1 aliphatic carbocycles. The first-order valence-corrected chi connectivity index (χ1v) is 16.7. The lowest BCUT2D eigenvalue weighted by Crippen LogP contribution is -1.90. The zero-order chi connectivity index (χ0) is 31.6. The second kappa shape index (κ2) is 10.7. The Morgan fingerprint density at radius 3 is 1.02 bits per heavy atom. The van der Waals surface area contributed by atoms with Crippen LogP contribution in [0.2, 0.25) is 0 Å². The van der Waals surface area contributed by atoms with E-state index in [-0.39, 0.29) is 0 Å². The molecule has 0 heterocycles. The Morgan fingerprint density at radius 2 is 0.562 bits per heavy atom. The van der Waals surface area contributed by atoms with Gasteiger partial charge in [0.05, 0.1) is 0 Å². The third-order valence-electron chi connectivity index (χ3n) is 10.2. The first-order valence-electron chi connectivity index (χ1n) is 16.7. The van der Waals surface area contributed by atoms with Crippen LogP contribution in [0.4, 0.5) is 0 Å². The zero-order valence-corrected chi connectivity index (χ0v) is 26.3. The molecule has 0 N–H and O–H groups in total. The molecule has 0 unspecified atom stereocenters. The summed E-state index contributed by atoms with van der Waals surface area (Å²) in [5.41, 5.74) is 15.1. The molecule has 0 nitrogen and oxygen atoms in total. The summed E-state index contributed by atoms with van der Waals surface area (Å²) in [5, 5.41) is 7.72. The van der Waals surface area contributed by atoms with Crippen molar-refractivity contribution in [3.8, 4) is 66.8 Å². The first kappa shape index (κ1) is 26.9. The molecule has 0 atom stereocenters. The van der Waals surface area contributed by atoms with Crippen molar-refractivity contribution in [3.63, 3.8) is 0 Å². The van der Waals surface area contributed by atoms with Crippen LogP contribution < -0.4 is 0 Å². The largest absolute Gasteiger partial charge is 0.0616 e. The van der Waals surface area contributed by atoms with Crippen LogP contribution in [0.1, 0.15) is 0 Å². The smallest absolute Gasteiger partial charge is 0.00264 e. The van der Waals surface area contributed by atoms with Crippen LogP contribution >= 0.6 is 0 Å². The molecule has 0 fully saturated rings. The summed E-state index contributed by atoms with van der Waals surface area (Å²) in [7, 11) is 0. The van der Waals surface area contributed by atoms with Gasteiger partial charge in [-0.05, 0) is 123 Å². The molecule has 9 aromatic carbocycles. The molecule has 9 aromatic rings. The van der Waals surface area contributed by atoms with Gasteiger partial charge < -0.3 is 0 Å². The molecule has 1 aliphatic rings. The second-order valence-corrected chi connectivity index (χ2v) is 12.9. The van der Waals surface area contributed by atoms with Crippen LogP contribution in [-0.4, -0.2) is 0 Å². The van der Waals surface area contributed by atoms with Gasteiger partial charge in [0.1, 0.15) is 0 Å². The van der Waals surface area contributed by atoms with E-state index in [4.69, 9.17) is 0 Å². The summed E-state index contributed by atoms with van der Waals surface area (Å²) < 4.78 is 0. The van der Waals surface area contributed by atoms with Crippen LogP contribution in [-0.2, 0) is 0 Å². The first-order chi connectivity index (χ1) is 23.8. The number of hydrogen-bond acceptors (Lipinski definition) is 0. The van der Waals surface area contributed by atoms with Crippen LogP contribution in [0.3, 0.4) is 0 Å². The Morgan fingerprint density at radius 1 is 0.188 bits per heavy atom. The fraction of sp³-hybridized carbons (Fsp3) is 0. The van der Waals surface area contributed by atoms with Gasteiger partial charge in [0, 0.05) is 0 Å². The van der Waals surface area contributed by atoms with E-state index in [1.165, 1.54) is 99.1 Å². The highest BCUT2D eigenvalue weighted by molar-refractivity contribution is 6.16. The molecule has 0 amide bonds. The summed E-state index contributed by atoms with van der Waals surface area (Å²) in [5.74, 6) is 0. The summed E-state index contributed by atoms with van der Waals surface area (Å²) in [4.78, 5) is 0. The number of rotatable bonds is 4. The third kappa shape index (κ3) is 4.31. The van der Waals surface area contributed by atoms with Crippen molar-refractivity contribution in [3.05, 3.63) is 182 Å². The van der Waals surface area contributed by atoms with Crippen LogP contribution in [0.15, 0.2) is 182 Å². The van der Waals surface area contributed by atoms with E-state index in [0.717, 1.165) is 0 Å². The van der Waals surface area contributed by atoms with Crippen molar-refractivity contribution in [2.75, 3.05) is 0 Å². The lowest BCUT2D eigenvalue weighted by atomic mass is 9.88.